The average Bonchev–Trinajstić information content (AvgIpc) is 3.29. The van der Waals surface area contributed by atoms with E-state index in [-0.39, 0.29) is 36.4 Å². The van der Waals surface area contributed by atoms with Gasteiger partial charge in [-0.1, -0.05) is 68.9 Å². The van der Waals surface area contributed by atoms with Crippen molar-refractivity contribution >= 4 is 50.9 Å². The highest BCUT2D eigenvalue weighted by molar-refractivity contribution is 9.10. The Morgan fingerprint density at radius 2 is 1.83 bits per heavy atom. The van der Waals surface area contributed by atoms with Gasteiger partial charge in [0, 0.05) is 22.6 Å². The molecule has 0 aliphatic heterocycles. The maximum atomic E-state index is 13.4. The fourth-order valence-electron chi connectivity index (χ4n) is 4.11. The molecular weight excluding hydrogens is 551 g/mol. The van der Waals surface area contributed by atoms with Gasteiger partial charge in [0.15, 0.2) is 6.61 Å². The number of ether oxygens (including phenoxy) is 1. The van der Waals surface area contributed by atoms with Crippen molar-refractivity contribution in [2.75, 3.05) is 6.61 Å². The summed E-state index contributed by atoms with van der Waals surface area (Å²) in [6, 6.07) is 10.5. The third kappa shape index (κ3) is 7.61. The van der Waals surface area contributed by atoms with Crippen LogP contribution in [0.2, 0.25) is 10.0 Å². The van der Waals surface area contributed by atoms with Gasteiger partial charge in [-0.25, -0.2) is 0 Å². The Morgan fingerprint density at radius 3 is 2.43 bits per heavy atom. The van der Waals surface area contributed by atoms with Gasteiger partial charge in [-0.2, -0.15) is 0 Å². The standard InChI is InChI=1S/C27H33BrCl2N2O3/c1-17(26(34)31-21-7-5-6-8-21)32(15-18-9-11-20(29)14-23(18)30)25(33)16-35-24-12-10-19(13-22(24)28)27(2,3)4/h9-14,17,21H,5-8,15-16H2,1-4H3,(H,31,34)/t17-/m1/s1. The van der Waals surface area contributed by atoms with Crippen LogP contribution in [0.4, 0.5) is 0 Å². The van der Waals surface area contributed by atoms with Gasteiger partial charge in [-0.15, -0.1) is 0 Å². The Kier molecular flexibility index (Phi) is 9.53. The lowest BCUT2D eigenvalue weighted by molar-refractivity contribution is -0.142. The second kappa shape index (κ2) is 12.0. The molecule has 1 fully saturated rings. The number of benzene rings is 2. The van der Waals surface area contributed by atoms with E-state index in [0.717, 1.165) is 35.7 Å². The van der Waals surface area contributed by atoms with Gasteiger partial charge < -0.3 is 15.0 Å². The Bertz CT molecular complexity index is 1060. The summed E-state index contributed by atoms with van der Waals surface area (Å²) in [5, 5.41) is 4.05. The summed E-state index contributed by atoms with van der Waals surface area (Å²) in [6.45, 7) is 8.10. The third-order valence-electron chi connectivity index (χ3n) is 6.37. The highest BCUT2D eigenvalue weighted by atomic mass is 79.9. The molecule has 0 saturated heterocycles. The summed E-state index contributed by atoms with van der Waals surface area (Å²) in [6.07, 6.45) is 4.16. The topological polar surface area (TPSA) is 58.6 Å². The van der Waals surface area contributed by atoms with Crippen LogP contribution in [-0.4, -0.2) is 35.4 Å². The lowest BCUT2D eigenvalue weighted by atomic mass is 9.87. The molecule has 0 spiro atoms. The van der Waals surface area contributed by atoms with Gasteiger partial charge in [-0.05, 0) is 76.5 Å². The second-order valence-electron chi connectivity index (χ2n) is 10.1. The molecule has 8 heteroatoms. The van der Waals surface area contributed by atoms with Crippen LogP contribution in [0.25, 0.3) is 0 Å². The van der Waals surface area contributed by atoms with Crippen LogP contribution in [0.15, 0.2) is 40.9 Å². The van der Waals surface area contributed by atoms with E-state index in [4.69, 9.17) is 27.9 Å². The first kappa shape index (κ1) is 27.8. The van der Waals surface area contributed by atoms with Crippen LogP contribution < -0.4 is 10.1 Å². The first-order chi connectivity index (χ1) is 16.5. The van der Waals surface area contributed by atoms with Crippen LogP contribution >= 0.6 is 39.1 Å². The third-order valence-corrected chi connectivity index (χ3v) is 7.58. The van der Waals surface area contributed by atoms with Gasteiger partial charge in [0.25, 0.3) is 5.91 Å². The lowest BCUT2D eigenvalue weighted by Gasteiger charge is -2.30. The molecule has 5 nitrogen and oxygen atoms in total. The minimum absolute atomic E-state index is 0.00632. The minimum atomic E-state index is -0.690. The van der Waals surface area contributed by atoms with E-state index in [1.807, 2.05) is 18.2 Å². The maximum Gasteiger partial charge on any atom is 0.261 e. The van der Waals surface area contributed by atoms with Crippen molar-refractivity contribution < 1.29 is 14.3 Å². The van der Waals surface area contributed by atoms with E-state index in [9.17, 15) is 9.59 Å². The zero-order valence-corrected chi connectivity index (χ0v) is 23.8. The summed E-state index contributed by atoms with van der Waals surface area (Å²) < 4.78 is 6.65. The summed E-state index contributed by atoms with van der Waals surface area (Å²) in [5.74, 6) is 0.0850. The highest BCUT2D eigenvalue weighted by Crippen LogP contribution is 2.32. The zero-order valence-electron chi connectivity index (χ0n) is 20.7. The summed E-state index contributed by atoms with van der Waals surface area (Å²) in [4.78, 5) is 27.9. The van der Waals surface area contributed by atoms with Crippen LogP contribution in [0, 0.1) is 0 Å². The van der Waals surface area contributed by atoms with Gasteiger partial charge >= 0.3 is 0 Å². The summed E-state index contributed by atoms with van der Waals surface area (Å²) in [7, 11) is 0. The van der Waals surface area contributed by atoms with Crippen molar-refractivity contribution in [1.29, 1.82) is 0 Å². The Balaban J connectivity index is 1.76. The molecule has 0 aromatic heterocycles. The molecule has 0 bridgehead atoms. The molecule has 1 aliphatic carbocycles. The molecule has 2 aromatic carbocycles. The quantitative estimate of drug-likeness (QED) is 0.367. The molecule has 190 valence electrons. The Labute approximate surface area is 226 Å². The van der Waals surface area contributed by atoms with Crippen molar-refractivity contribution in [3.05, 3.63) is 62.0 Å². The molecule has 0 unspecified atom stereocenters. The van der Waals surface area contributed by atoms with Crippen LogP contribution in [-0.2, 0) is 21.5 Å². The molecule has 3 rings (SSSR count). The molecule has 35 heavy (non-hydrogen) atoms. The van der Waals surface area contributed by atoms with Crippen molar-refractivity contribution in [2.24, 2.45) is 0 Å². The van der Waals surface area contributed by atoms with Crippen molar-refractivity contribution in [3.63, 3.8) is 0 Å². The normalized spacial score (nSPS) is 15.1. The van der Waals surface area contributed by atoms with E-state index in [1.54, 1.807) is 25.1 Å². The number of nitrogens with zero attached hydrogens (tertiary/aromatic N) is 1. The maximum absolute atomic E-state index is 13.4. The van der Waals surface area contributed by atoms with Crippen LogP contribution in [0.5, 0.6) is 5.75 Å². The summed E-state index contributed by atoms with van der Waals surface area (Å²) in [5.41, 5.74) is 1.85. The smallest absolute Gasteiger partial charge is 0.261 e. The van der Waals surface area contributed by atoms with Gasteiger partial charge in [-0.3, -0.25) is 9.59 Å². The van der Waals surface area contributed by atoms with Crippen LogP contribution in [0.1, 0.15) is 64.5 Å². The van der Waals surface area contributed by atoms with E-state index in [2.05, 4.69) is 42.0 Å². The largest absolute Gasteiger partial charge is 0.483 e. The number of carbonyl (C=O) groups excluding carboxylic acids is 2. The van der Waals surface area contributed by atoms with E-state index in [0.29, 0.717) is 21.4 Å². The van der Waals surface area contributed by atoms with E-state index >= 15 is 0 Å². The average molecular weight is 584 g/mol. The molecular formula is C27H33BrCl2N2O3. The molecule has 0 radical (unpaired) electrons. The first-order valence-corrected chi connectivity index (χ1v) is 13.5. The van der Waals surface area contributed by atoms with Crippen LogP contribution in [0.3, 0.4) is 0 Å². The number of amides is 2. The van der Waals surface area contributed by atoms with E-state index < -0.39 is 6.04 Å². The van der Waals surface area contributed by atoms with Crippen molar-refractivity contribution in [1.82, 2.24) is 10.2 Å². The fourth-order valence-corrected chi connectivity index (χ4v) is 5.08. The van der Waals surface area contributed by atoms with Gasteiger partial charge in [0.05, 0.1) is 4.47 Å². The molecule has 2 aromatic rings. The van der Waals surface area contributed by atoms with E-state index in [1.165, 1.54) is 4.90 Å². The minimum Gasteiger partial charge on any atom is -0.483 e. The summed E-state index contributed by atoms with van der Waals surface area (Å²) >= 11 is 16.0. The second-order valence-corrected chi connectivity index (χ2v) is 11.8. The van der Waals surface area contributed by atoms with Gasteiger partial charge in [0.2, 0.25) is 5.91 Å². The number of hydrogen-bond acceptors (Lipinski definition) is 3. The number of hydrogen-bond donors (Lipinski definition) is 1. The number of nitrogens with one attached hydrogen (secondary N) is 1. The number of halogens is 3. The highest BCUT2D eigenvalue weighted by Gasteiger charge is 2.29. The molecule has 1 saturated carbocycles. The Hall–Kier alpha value is -1.76. The molecule has 0 heterocycles. The molecule has 1 N–H and O–H groups in total. The predicted octanol–water partition coefficient (Wildman–Crippen LogP) is 6.91. The SMILES string of the molecule is C[C@H](C(=O)NC1CCCC1)N(Cc1ccc(Cl)cc1Cl)C(=O)COc1ccc(C(C)(C)C)cc1Br. The monoisotopic (exact) mass is 582 g/mol. The molecule has 1 atom stereocenters. The molecule has 2 amide bonds. The van der Waals surface area contributed by atoms with Crippen molar-refractivity contribution in [2.45, 2.75) is 77.4 Å². The lowest BCUT2D eigenvalue weighted by Crippen LogP contribution is -2.50. The van der Waals surface area contributed by atoms with Crippen molar-refractivity contribution in [3.8, 4) is 5.75 Å². The number of rotatable bonds is 8. The number of carbonyl (C=O) groups is 2. The Morgan fingerprint density at radius 1 is 1.14 bits per heavy atom. The predicted molar refractivity (Wildman–Crippen MR) is 145 cm³/mol. The molecule has 1 aliphatic rings. The first-order valence-electron chi connectivity index (χ1n) is 11.9. The van der Waals surface area contributed by atoms with Gasteiger partial charge in [0.1, 0.15) is 11.8 Å². The zero-order chi connectivity index (χ0) is 25.8. The fraction of sp³-hybridized carbons (Fsp3) is 0.481.